The zero-order valence-electron chi connectivity index (χ0n) is 8.54. The third-order valence-corrected chi connectivity index (χ3v) is 3.42. The van der Waals surface area contributed by atoms with Gasteiger partial charge in [0.25, 0.3) is 0 Å². The molecular formula is C11H9BrFNOS. The summed E-state index contributed by atoms with van der Waals surface area (Å²) in [5.74, 6) is -0.271. The number of halogens is 2. The topological polar surface area (TPSA) is 22.1 Å². The van der Waals surface area contributed by atoms with Crippen LogP contribution in [0.15, 0.2) is 28.1 Å². The highest BCUT2D eigenvalue weighted by atomic mass is 79.9. The smallest absolute Gasteiger partial charge is 0.134 e. The molecule has 84 valence electrons. The number of aromatic nitrogens is 1. The molecule has 0 unspecified atom stereocenters. The molecule has 2 rings (SSSR count). The van der Waals surface area contributed by atoms with Crippen molar-refractivity contribution in [1.29, 1.82) is 0 Å². The lowest BCUT2D eigenvalue weighted by atomic mass is 10.2. The summed E-state index contributed by atoms with van der Waals surface area (Å²) in [5.41, 5.74) is 1.35. The predicted molar refractivity (Wildman–Crippen MR) is 65.9 cm³/mol. The molecule has 0 aliphatic heterocycles. The monoisotopic (exact) mass is 301 g/mol. The Labute approximate surface area is 105 Å². The van der Waals surface area contributed by atoms with E-state index in [0.717, 1.165) is 10.2 Å². The molecule has 0 spiro atoms. The van der Waals surface area contributed by atoms with Crippen LogP contribution in [0.1, 0.15) is 5.69 Å². The second kappa shape index (κ2) is 5.03. The van der Waals surface area contributed by atoms with Crippen LogP contribution in [-0.2, 0) is 11.3 Å². The van der Waals surface area contributed by atoms with Crippen LogP contribution in [0.4, 0.5) is 4.39 Å². The van der Waals surface area contributed by atoms with Crippen molar-refractivity contribution in [3.8, 4) is 10.6 Å². The highest BCUT2D eigenvalue weighted by Gasteiger charge is 2.09. The van der Waals surface area contributed by atoms with E-state index in [1.807, 2.05) is 5.38 Å². The van der Waals surface area contributed by atoms with Crippen molar-refractivity contribution in [3.05, 3.63) is 39.6 Å². The molecule has 0 atom stereocenters. The third-order valence-electron chi connectivity index (χ3n) is 2.01. The molecule has 0 saturated heterocycles. The van der Waals surface area contributed by atoms with Gasteiger partial charge in [0.2, 0.25) is 0 Å². The number of benzene rings is 1. The van der Waals surface area contributed by atoms with Crippen LogP contribution in [0.5, 0.6) is 0 Å². The van der Waals surface area contributed by atoms with Gasteiger partial charge in [-0.2, -0.15) is 0 Å². The number of hydrogen-bond acceptors (Lipinski definition) is 3. The molecule has 0 bridgehead atoms. The number of ether oxygens (including phenoxy) is 1. The second-order valence-corrected chi connectivity index (χ2v) is 4.97. The minimum atomic E-state index is -0.271. The van der Waals surface area contributed by atoms with Gasteiger partial charge in [0.1, 0.15) is 10.8 Å². The Morgan fingerprint density at radius 1 is 1.50 bits per heavy atom. The molecule has 0 radical (unpaired) electrons. The van der Waals surface area contributed by atoms with Crippen molar-refractivity contribution in [2.45, 2.75) is 6.61 Å². The molecule has 0 saturated carbocycles. The standard InChI is InChI=1S/C11H9BrFNOS/c1-15-5-8-6-16-11(14-8)9-3-2-7(12)4-10(9)13/h2-4,6H,5H2,1H3. The van der Waals surface area contributed by atoms with Gasteiger partial charge in [-0.15, -0.1) is 11.3 Å². The zero-order chi connectivity index (χ0) is 11.5. The summed E-state index contributed by atoms with van der Waals surface area (Å²) in [7, 11) is 1.61. The fourth-order valence-corrected chi connectivity index (χ4v) is 2.47. The summed E-state index contributed by atoms with van der Waals surface area (Å²) in [6, 6.07) is 4.96. The molecule has 1 heterocycles. The Balaban J connectivity index is 2.35. The quantitative estimate of drug-likeness (QED) is 0.859. The molecule has 1 aromatic heterocycles. The van der Waals surface area contributed by atoms with Crippen LogP contribution in [0.25, 0.3) is 10.6 Å². The van der Waals surface area contributed by atoms with E-state index in [2.05, 4.69) is 20.9 Å². The SMILES string of the molecule is COCc1csc(-c2ccc(Br)cc2F)n1. The molecule has 2 nitrogen and oxygen atoms in total. The summed E-state index contributed by atoms with van der Waals surface area (Å²) >= 11 is 4.64. The first-order valence-electron chi connectivity index (χ1n) is 4.59. The van der Waals surface area contributed by atoms with Crippen LogP contribution in [-0.4, -0.2) is 12.1 Å². The molecule has 0 amide bonds. The summed E-state index contributed by atoms with van der Waals surface area (Å²) in [4.78, 5) is 4.30. The van der Waals surface area contributed by atoms with Crippen molar-refractivity contribution < 1.29 is 9.13 Å². The van der Waals surface area contributed by atoms with E-state index in [9.17, 15) is 4.39 Å². The van der Waals surface area contributed by atoms with Crippen molar-refractivity contribution in [3.63, 3.8) is 0 Å². The van der Waals surface area contributed by atoms with E-state index in [4.69, 9.17) is 4.74 Å². The maximum absolute atomic E-state index is 13.6. The molecule has 2 aromatic rings. The highest BCUT2D eigenvalue weighted by Crippen LogP contribution is 2.28. The van der Waals surface area contributed by atoms with Crippen molar-refractivity contribution in [1.82, 2.24) is 4.98 Å². The number of rotatable bonds is 3. The Hall–Kier alpha value is -0.780. The molecule has 16 heavy (non-hydrogen) atoms. The van der Waals surface area contributed by atoms with Crippen LogP contribution in [0.3, 0.4) is 0 Å². The first kappa shape index (κ1) is 11.7. The predicted octanol–water partition coefficient (Wildman–Crippen LogP) is 3.86. The minimum absolute atomic E-state index is 0.271. The van der Waals surface area contributed by atoms with E-state index in [1.54, 1.807) is 19.2 Å². The van der Waals surface area contributed by atoms with Crippen molar-refractivity contribution >= 4 is 27.3 Å². The van der Waals surface area contributed by atoms with Gasteiger partial charge in [0.15, 0.2) is 0 Å². The first-order valence-corrected chi connectivity index (χ1v) is 6.26. The molecular weight excluding hydrogens is 293 g/mol. The summed E-state index contributed by atoms with van der Waals surface area (Å²) in [5, 5.41) is 2.55. The molecule has 1 aromatic carbocycles. The van der Waals surface area contributed by atoms with E-state index in [0.29, 0.717) is 17.2 Å². The number of nitrogens with zero attached hydrogens (tertiary/aromatic N) is 1. The summed E-state index contributed by atoms with van der Waals surface area (Å²) in [6.07, 6.45) is 0. The molecule has 0 aliphatic carbocycles. The van der Waals surface area contributed by atoms with Gasteiger partial charge >= 0.3 is 0 Å². The molecule has 0 aliphatic rings. The van der Waals surface area contributed by atoms with Crippen LogP contribution >= 0.6 is 27.3 Å². The van der Waals surface area contributed by atoms with Gasteiger partial charge in [-0.25, -0.2) is 9.37 Å². The van der Waals surface area contributed by atoms with E-state index >= 15 is 0 Å². The van der Waals surface area contributed by atoms with Crippen molar-refractivity contribution in [2.75, 3.05) is 7.11 Å². The van der Waals surface area contributed by atoms with Crippen molar-refractivity contribution in [2.24, 2.45) is 0 Å². The Morgan fingerprint density at radius 3 is 3.00 bits per heavy atom. The van der Waals surface area contributed by atoms with E-state index in [1.165, 1.54) is 17.4 Å². The van der Waals surface area contributed by atoms with Gasteiger partial charge in [-0.3, -0.25) is 0 Å². The maximum atomic E-state index is 13.6. The molecule has 0 N–H and O–H groups in total. The van der Waals surface area contributed by atoms with Crippen LogP contribution in [0.2, 0.25) is 0 Å². The lowest BCUT2D eigenvalue weighted by Crippen LogP contribution is -1.88. The normalized spacial score (nSPS) is 10.7. The second-order valence-electron chi connectivity index (χ2n) is 3.20. The fraction of sp³-hybridized carbons (Fsp3) is 0.182. The molecule has 5 heteroatoms. The van der Waals surface area contributed by atoms with E-state index < -0.39 is 0 Å². The highest BCUT2D eigenvalue weighted by molar-refractivity contribution is 9.10. The van der Waals surface area contributed by atoms with Crippen LogP contribution in [0, 0.1) is 5.82 Å². The number of thiazole rings is 1. The third kappa shape index (κ3) is 2.48. The average Bonchev–Trinajstić information content (AvgIpc) is 2.67. The Bertz CT molecular complexity index is 500. The maximum Gasteiger partial charge on any atom is 0.134 e. The van der Waals surface area contributed by atoms with Gasteiger partial charge < -0.3 is 4.74 Å². The van der Waals surface area contributed by atoms with Crippen LogP contribution < -0.4 is 0 Å². The lowest BCUT2D eigenvalue weighted by Gasteiger charge is -1.99. The minimum Gasteiger partial charge on any atom is -0.378 e. The average molecular weight is 302 g/mol. The van der Waals surface area contributed by atoms with E-state index in [-0.39, 0.29) is 5.82 Å². The largest absolute Gasteiger partial charge is 0.378 e. The van der Waals surface area contributed by atoms with Gasteiger partial charge in [-0.05, 0) is 18.2 Å². The van der Waals surface area contributed by atoms with Gasteiger partial charge in [-0.1, -0.05) is 15.9 Å². The Morgan fingerprint density at radius 2 is 2.31 bits per heavy atom. The van der Waals surface area contributed by atoms with Gasteiger partial charge in [0, 0.05) is 22.5 Å². The fourth-order valence-electron chi connectivity index (χ4n) is 1.31. The lowest BCUT2D eigenvalue weighted by molar-refractivity contribution is 0.182. The Kier molecular flexibility index (Phi) is 3.68. The van der Waals surface area contributed by atoms with Gasteiger partial charge in [0.05, 0.1) is 12.3 Å². The number of hydrogen-bond donors (Lipinski definition) is 0. The summed E-state index contributed by atoms with van der Waals surface area (Å²) < 4.78 is 19.3. The molecule has 0 fully saturated rings. The summed E-state index contributed by atoms with van der Waals surface area (Å²) in [6.45, 7) is 0.453. The zero-order valence-corrected chi connectivity index (χ0v) is 10.9. The first-order chi connectivity index (χ1) is 7.70. The number of methoxy groups -OCH3 is 1.